The lowest BCUT2D eigenvalue weighted by atomic mass is 9.99. The van der Waals surface area contributed by atoms with Gasteiger partial charge in [0.15, 0.2) is 5.82 Å². The Labute approximate surface area is 148 Å². The fourth-order valence-corrected chi connectivity index (χ4v) is 3.00. The second-order valence-electron chi connectivity index (χ2n) is 5.90. The normalized spacial score (nSPS) is 16.2. The van der Waals surface area contributed by atoms with E-state index >= 15 is 0 Å². The van der Waals surface area contributed by atoms with E-state index in [1.807, 2.05) is 6.07 Å². The molecular weight excluding hydrogens is 335 g/mol. The van der Waals surface area contributed by atoms with E-state index in [1.54, 1.807) is 42.1 Å². The lowest BCUT2D eigenvalue weighted by Gasteiger charge is -2.26. The molecule has 8 heteroatoms. The average molecular weight is 350 g/mol. The first-order valence-electron chi connectivity index (χ1n) is 7.95. The SMILES string of the molecule is CC1=C(C(N)=O)C(c2ccccn2)n2nc(-c3ccc(F)cc3)nc2N1. The van der Waals surface area contributed by atoms with Gasteiger partial charge in [0.2, 0.25) is 11.9 Å². The second-order valence-corrected chi connectivity index (χ2v) is 5.90. The number of halogens is 1. The van der Waals surface area contributed by atoms with Crippen molar-refractivity contribution in [2.24, 2.45) is 5.73 Å². The predicted octanol–water partition coefficient (Wildman–Crippen LogP) is 2.25. The molecule has 0 fully saturated rings. The average Bonchev–Trinajstić information content (AvgIpc) is 3.05. The van der Waals surface area contributed by atoms with Gasteiger partial charge in [0, 0.05) is 17.5 Å². The van der Waals surface area contributed by atoms with Crippen LogP contribution in [0.1, 0.15) is 18.7 Å². The zero-order chi connectivity index (χ0) is 18.3. The quantitative estimate of drug-likeness (QED) is 0.755. The van der Waals surface area contributed by atoms with E-state index in [2.05, 4.69) is 20.4 Å². The molecule has 1 aromatic carbocycles. The van der Waals surface area contributed by atoms with Crippen molar-refractivity contribution in [1.82, 2.24) is 19.7 Å². The zero-order valence-corrected chi connectivity index (χ0v) is 13.8. The highest BCUT2D eigenvalue weighted by Crippen LogP contribution is 2.35. The maximum Gasteiger partial charge on any atom is 0.248 e. The first-order chi connectivity index (χ1) is 12.5. The molecule has 3 N–H and O–H groups in total. The first kappa shape index (κ1) is 15.9. The van der Waals surface area contributed by atoms with Crippen molar-refractivity contribution in [3.8, 4) is 11.4 Å². The number of benzene rings is 1. The molecule has 4 rings (SSSR count). The van der Waals surface area contributed by atoms with Gasteiger partial charge in [-0.2, -0.15) is 4.98 Å². The summed E-state index contributed by atoms with van der Waals surface area (Å²) >= 11 is 0. The van der Waals surface area contributed by atoms with Crippen LogP contribution in [0.5, 0.6) is 0 Å². The molecule has 1 unspecified atom stereocenters. The summed E-state index contributed by atoms with van der Waals surface area (Å²) in [5.41, 5.74) is 7.86. The molecule has 3 aromatic rings. The topological polar surface area (TPSA) is 98.7 Å². The number of hydrogen-bond acceptors (Lipinski definition) is 5. The third-order valence-corrected chi connectivity index (χ3v) is 4.19. The molecule has 1 amide bonds. The lowest BCUT2D eigenvalue weighted by Crippen LogP contribution is -2.32. The molecule has 1 aliphatic heterocycles. The number of hydrogen-bond donors (Lipinski definition) is 2. The van der Waals surface area contributed by atoms with Crippen molar-refractivity contribution in [2.75, 3.05) is 5.32 Å². The highest BCUT2D eigenvalue weighted by atomic mass is 19.1. The first-order valence-corrected chi connectivity index (χ1v) is 7.95. The van der Waals surface area contributed by atoms with Crippen LogP contribution in [0.3, 0.4) is 0 Å². The molecule has 0 bridgehead atoms. The molecule has 7 nitrogen and oxygen atoms in total. The number of carbonyl (C=O) groups is 1. The van der Waals surface area contributed by atoms with Crippen molar-refractivity contribution in [1.29, 1.82) is 0 Å². The lowest BCUT2D eigenvalue weighted by molar-refractivity contribution is -0.115. The number of nitrogens with one attached hydrogen (secondary N) is 1. The van der Waals surface area contributed by atoms with Crippen LogP contribution in [-0.2, 0) is 4.79 Å². The fourth-order valence-electron chi connectivity index (χ4n) is 3.00. The number of rotatable bonds is 3. The number of anilines is 1. The van der Waals surface area contributed by atoms with Gasteiger partial charge in [-0.25, -0.2) is 9.07 Å². The molecule has 0 aliphatic carbocycles. The van der Waals surface area contributed by atoms with Gasteiger partial charge in [0.1, 0.15) is 11.9 Å². The van der Waals surface area contributed by atoms with Crippen LogP contribution in [0.4, 0.5) is 10.3 Å². The Morgan fingerprint density at radius 1 is 1.23 bits per heavy atom. The van der Waals surface area contributed by atoms with Crippen molar-refractivity contribution >= 4 is 11.9 Å². The van der Waals surface area contributed by atoms with Crippen molar-refractivity contribution in [3.63, 3.8) is 0 Å². The van der Waals surface area contributed by atoms with E-state index < -0.39 is 11.9 Å². The summed E-state index contributed by atoms with van der Waals surface area (Å²) in [5, 5.41) is 7.57. The Bertz CT molecular complexity index is 1010. The van der Waals surface area contributed by atoms with Gasteiger partial charge in [-0.05, 0) is 43.3 Å². The van der Waals surface area contributed by atoms with Gasteiger partial charge in [0.25, 0.3) is 0 Å². The summed E-state index contributed by atoms with van der Waals surface area (Å²) < 4.78 is 14.8. The van der Waals surface area contributed by atoms with Crippen molar-refractivity contribution in [3.05, 3.63) is 71.4 Å². The van der Waals surface area contributed by atoms with Crippen LogP contribution in [0, 0.1) is 5.82 Å². The molecule has 26 heavy (non-hydrogen) atoms. The summed E-state index contributed by atoms with van der Waals surface area (Å²) in [6.07, 6.45) is 1.64. The van der Waals surface area contributed by atoms with E-state index in [-0.39, 0.29) is 5.82 Å². The summed E-state index contributed by atoms with van der Waals surface area (Å²) in [5.74, 6) is -0.0275. The highest BCUT2D eigenvalue weighted by Gasteiger charge is 2.34. The van der Waals surface area contributed by atoms with Gasteiger partial charge in [0.05, 0.1) is 11.3 Å². The van der Waals surface area contributed by atoms with Gasteiger partial charge >= 0.3 is 0 Å². The van der Waals surface area contributed by atoms with Gasteiger partial charge < -0.3 is 11.1 Å². The summed E-state index contributed by atoms with van der Waals surface area (Å²) in [6.45, 7) is 1.76. The summed E-state index contributed by atoms with van der Waals surface area (Å²) in [7, 11) is 0. The molecular formula is C18H15FN6O. The molecule has 0 spiro atoms. The minimum absolute atomic E-state index is 0.337. The van der Waals surface area contributed by atoms with E-state index in [4.69, 9.17) is 5.73 Å². The molecule has 0 saturated carbocycles. The van der Waals surface area contributed by atoms with Crippen molar-refractivity contribution < 1.29 is 9.18 Å². The maximum absolute atomic E-state index is 13.2. The predicted molar refractivity (Wildman–Crippen MR) is 93.3 cm³/mol. The molecule has 3 heterocycles. The largest absolute Gasteiger partial charge is 0.366 e. The number of pyridine rings is 1. The Morgan fingerprint density at radius 3 is 2.65 bits per heavy atom. The third kappa shape index (κ3) is 2.61. The standard InChI is InChI=1S/C18H15FN6O/c1-10-14(16(20)26)15(13-4-2-3-9-21-13)25-18(22-10)23-17(24-25)11-5-7-12(19)8-6-11/h2-9,15H,1H3,(H2,20,26)(H,22,23,24). The van der Waals surface area contributed by atoms with Crippen LogP contribution in [-0.4, -0.2) is 25.7 Å². The molecule has 0 saturated heterocycles. The highest BCUT2D eigenvalue weighted by molar-refractivity contribution is 5.95. The molecule has 1 atom stereocenters. The number of allylic oxidation sites excluding steroid dienone is 1. The smallest absolute Gasteiger partial charge is 0.248 e. The van der Waals surface area contributed by atoms with E-state index in [0.29, 0.717) is 34.3 Å². The van der Waals surface area contributed by atoms with E-state index in [0.717, 1.165) is 0 Å². The van der Waals surface area contributed by atoms with Gasteiger partial charge in [-0.3, -0.25) is 9.78 Å². The minimum atomic E-state index is -0.591. The summed E-state index contributed by atoms with van der Waals surface area (Å²) in [6, 6.07) is 10.7. The van der Waals surface area contributed by atoms with Gasteiger partial charge in [-0.15, -0.1) is 5.10 Å². The number of nitrogens with zero attached hydrogens (tertiary/aromatic N) is 4. The third-order valence-electron chi connectivity index (χ3n) is 4.19. The van der Waals surface area contributed by atoms with Crippen LogP contribution in [0.2, 0.25) is 0 Å². The van der Waals surface area contributed by atoms with E-state index in [1.165, 1.54) is 12.1 Å². The number of primary amides is 1. The molecule has 130 valence electrons. The Kier molecular flexibility index (Phi) is 3.72. The Balaban J connectivity index is 1.87. The molecule has 0 radical (unpaired) electrons. The monoisotopic (exact) mass is 350 g/mol. The van der Waals surface area contributed by atoms with Crippen LogP contribution in [0.15, 0.2) is 59.9 Å². The number of aromatic nitrogens is 4. The number of carbonyl (C=O) groups excluding carboxylic acids is 1. The van der Waals surface area contributed by atoms with Crippen LogP contribution in [0.25, 0.3) is 11.4 Å². The fraction of sp³-hybridized carbons (Fsp3) is 0.111. The van der Waals surface area contributed by atoms with Crippen LogP contribution < -0.4 is 11.1 Å². The van der Waals surface area contributed by atoms with Crippen LogP contribution >= 0.6 is 0 Å². The second kappa shape index (κ2) is 6.07. The Morgan fingerprint density at radius 2 is 2.00 bits per heavy atom. The van der Waals surface area contributed by atoms with E-state index in [9.17, 15) is 9.18 Å². The van der Waals surface area contributed by atoms with Crippen molar-refractivity contribution in [2.45, 2.75) is 13.0 Å². The number of nitrogens with two attached hydrogens (primary N) is 1. The maximum atomic E-state index is 13.2. The summed E-state index contributed by atoms with van der Waals surface area (Å²) in [4.78, 5) is 20.9. The minimum Gasteiger partial charge on any atom is -0.366 e. The van der Waals surface area contributed by atoms with Gasteiger partial charge in [-0.1, -0.05) is 6.07 Å². The molecule has 2 aromatic heterocycles. The zero-order valence-electron chi connectivity index (χ0n) is 13.8. The Hall–Kier alpha value is -3.55. The number of amides is 1. The molecule has 1 aliphatic rings. The number of fused-ring (bicyclic) bond motifs is 1.